The van der Waals surface area contributed by atoms with Crippen LogP contribution in [0.25, 0.3) is 0 Å². The number of nitrogens with zero attached hydrogens (tertiary/aromatic N) is 1. The molecule has 0 bridgehead atoms. The van der Waals surface area contributed by atoms with Crippen molar-refractivity contribution in [3.05, 3.63) is 0 Å². The van der Waals surface area contributed by atoms with Gasteiger partial charge in [0.1, 0.15) is 0 Å². The lowest BCUT2D eigenvalue weighted by molar-refractivity contribution is 0.225. The molecule has 1 fully saturated rings. The van der Waals surface area contributed by atoms with E-state index >= 15 is 0 Å². The highest BCUT2D eigenvalue weighted by Crippen LogP contribution is 2.08. The lowest BCUT2D eigenvalue weighted by Crippen LogP contribution is -2.30. The van der Waals surface area contributed by atoms with Gasteiger partial charge >= 0.3 is 0 Å². The fourth-order valence-corrected chi connectivity index (χ4v) is 1.92. The maximum Gasteiger partial charge on any atom is 0.0614 e. The zero-order valence-electron chi connectivity index (χ0n) is 8.30. The topological polar surface area (TPSA) is 15.3 Å². The number of thiocarbonyl (C=S) groups is 1. The summed E-state index contributed by atoms with van der Waals surface area (Å²) in [6.07, 6.45) is 6.78. The van der Waals surface area contributed by atoms with Crippen molar-refractivity contribution in [3.63, 3.8) is 0 Å². The average Bonchev–Trinajstić information content (AvgIpc) is 2.19. The van der Waals surface area contributed by atoms with Gasteiger partial charge in [-0.05, 0) is 45.3 Å². The maximum absolute atomic E-state index is 4.68. The van der Waals surface area contributed by atoms with Crippen molar-refractivity contribution in [2.75, 3.05) is 26.2 Å². The number of hydrogen-bond acceptors (Lipinski definition) is 2. The lowest BCUT2D eigenvalue weighted by atomic mass is 10.1. The first-order valence-electron chi connectivity index (χ1n) is 5.33. The molecule has 0 aromatic rings. The van der Waals surface area contributed by atoms with E-state index in [1.165, 1.54) is 51.7 Å². The Labute approximate surface area is 86.7 Å². The number of hydrogen-bond donors (Lipinski definition) is 1. The van der Waals surface area contributed by atoms with Gasteiger partial charge in [0.25, 0.3) is 0 Å². The highest BCUT2D eigenvalue weighted by atomic mass is 32.1. The molecule has 0 amide bonds. The number of likely N-dealkylation sites (tertiary alicyclic amines) is 1. The molecule has 13 heavy (non-hydrogen) atoms. The number of rotatable bonds is 6. The number of unbranched alkanes of at least 4 members (excludes halogenated alkanes) is 1. The minimum absolute atomic E-state index is 1.04. The van der Waals surface area contributed by atoms with Crippen LogP contribution in [0.4, 0.5) is 0 Å². The quantitative estimate of drug-likeness (QED) is 0.520. The molecule has 1 aliphatic heterocycles. The Kier molecular flexibility index (Phi) is 6.11. The van der Waals surface area contributed by atoms with Crippen LogP contribution in [-0.2, 0) is 0 Å². The summed E-state index contributed by atoms with van der Waals surface area (Å²) in [5.41, 5.74) is 1.61. The molecular formula is C10H20N2S. The van der Waals surface area contributed by atoms with Crippen LogP contribution >= 0.6 is 12.2 Å². The molecule has 0 aromatic carbocycles. The minimum Gasteiger partial charge on any atom is -0.382 e. The average molecular weight is 200 g/mol. The molecule has 0 saturated carbocycles. The molecule has 0 unspecified atom stereocenters. The standard InChI is InChI=1S/C10H20N2S/c13-10-11-6-2-5-9-12-7-3-1-4-8-12/h10H,1-9H2,(H,11,13). The van der Waals surface area contributed by atoms with Gasteiger partial charge in [0.2, 0.25) is 0 Å². The second-order valence-corrected chi connectivity index (χ2v) is 3.92. The summed E-state index contributed by atoms with van der Waals surface area (Å²) < 4.78 is 0. The predicted molar refractivity (Wildman–Crippen MR) is 61.2 cm³/mol. The smallest absolute Gasteiger partial charge is 0.0614 e. The first-order chi connectivity index (χ1) is 6.43. The van der Waals surface area contributed by atoms with Crippen LogP contribution in [0.3, 0.4) is 0 Å². The van der Waals surface area contributed by atoms with Gasteiger partial charge in [-0.15, -0.1) is 0 Å². The summed E-state index contributed by atoms with van der Waals surface area (Å²) in [7, 11) is 0. The normalized spacial score (nSPS) is 18.5. The van der Waals surface area contributed by atoms with Crippen molar-refractivity contribution in [1.82, 2.24) is 10.2 Å². The molecule has 2 nitrogen and oxygen atoms in total. The molecule has 1 N–H and O–H groups in total. The Morgan fingerprint density at radius 2 is 1.92 bits per heavy atom. The first-order valence-corrected chi connectivity index (χ1v) is 5.80. The van der Waals surface area contributed by atoms with E-state index in [2.05, 4.69) is 22.4 Å². The third-order valence-electron chi connectivity index (χ3n) is 2.58. The van der Waals surface area contributed by atoms with Crippen LogP contribution in [0, 0.1) is 0 Å². The van der Waals surface area contributed by atoms with Gasteiger partial charge in [-0.25, -0.2) is 0 Å². The monoisotopic (exact) mass is 200 g/mol. The molecule has 3 heteroatoms. The van der Waals surface area contributed by atoms with Crippen molar-refractivity contribution in [1.29, 1.82) is 0 Å². The van der Waals surface area contributed by atoms with Crippen molar-refractivity contribution in [3.8, 4) is 0 Å². The summed E-state index contributed by atoms with van der Waals surface area (Å²) in [6.45, 7) is 4.96. The van der Waals surface area contributed by atoms with E-state index in [1.807, 2.05) is 0 Å². The fraction of sp³-hybridized carbons (Fsp3) is 0.900. The Morgan fingerprint density at radius 1 is 1.15 bits per heavy atom. The van der Waals surface area contributed by atoms with Crippen molar-refractivity contribution in [2.45, 2.75) is 32.1 Å². The van der Waals surface area contributed by atoms with E-state index in [0.717, 1.165) is 6.54 Å². The molecule has 0 aliphatic carbocycles. The Bertz CT molecular complexity index is 133. The van der Waals surface area contributed by atoms with Gasteiger partial charge in [-0.1, -0.05) is 18.6 Å². The molecule has 0 atom stereocenters. The summed E-state index contributed by atoms with van der Waals surface area (Å²) in [4.78, 5) is 2.58. The van der Waals surface area contributed by atoms with E-state index in [-0.39, 0.29) is 0 Å². The second-order valence-electron chi connectivity index (χ2n) is 3.68. The van der Waals surface area contributed by atoms with Gasteiger partial charge in [-0.2, -0.15) is 0 Å². The van der Waals surface area contributed by atoms with Crippen molar-refractivity contribution >= 4 is 17.7 Å². The first kappa shape index (κ1) is 10.9. The molecule has 0 aromatic heterocycles. The van der Waals surface area contributed by atoms with E-state index in [9.17, 15) is 0 Å². The highest BCUT2D eigenvalue weighted by Gasteiger charge is 2.08. The molecule has 1 heterocycles. The van der Waals surface area contributed by atoms with Crippen LogP contribution in [0.15, 0.2) is 0 Å². The Morgan fingerprint density at radius 3 is 2.62 bits per heavy atom. The van der Waals surface area contributed by atoms with Gasteiger partial charge < -0.3 is 10.2 Å². The Balaban J connectivity index is 1.89. The zero-order valence-corrected chi connectivity index (χ0v) is 9.11. The molecule has 1 rings (SSSR count). The summed E-state index contributed by atoms with van der Waals surface area (Å²) >= 11 is 4.68. The predicted octanol–water partition coefficient (Wildman–Crippen LogP) is 1.80. The largest absolute Gasteiger partial charge is 0.382 e. The Hall–Kier alpha value is -0.150. The van der Waals surface area contributed by atoms with Crippen molar-refractivity contribution < 1.29 is 0 Å². The van der Waals surface area contributed by atoms with Gasteiger partial charge in [0.05, 0.1) is 5.49 Å². The van der Waals surface area contributed by atoms with Gasteiger partial charge in [-0.3, -0.25) is 0 Å². The third-order valence-corrected chi connectivity index (χ3v) is 2.74. The van der Waals surface area contributed by atoms with E-state index in [1.54, 1.807) is 5.49 Å². The van der Waals surface area contributed by atoms with Crippen LogP contribution in [0.2, 0.25) is 0 Å². The molecule has 76 valence electrons. The van der Waals surface area contributed by atoms with E-state index in [4.69, 9.17) is 0 Å². The van der Waals surface area contributed by atoms with Crippen LogP contribution in [0.1, 0.15) is 32.1 Å². The van der Waals surface area contributed by atoms with E-state index in [0.29, 0.717) is 0 Å². The third kappa shape index (κ3) is 5.21. The van der Waals surface area contributed by atoms with Gasteiger partial charge in [0, 0.05) is 6.54 Å². The highest BCUT2D eigenvalue weighted by molar-refractivity contribution is 7.78. The lowest BCUT2D eigenvalue weighted by Gasteiger charge is -2.26. The summed E-state index contributed by atoms with van der Waals surface area (Å²) in [6, 6.07) is 0. The second kappa shape index (κ2) is 7.27. The molecule has 0 radical (unpaired) electrons. The maximum atomic E-state index is 4.68. The molecular weight excluding hydrogens is 180 g/mol. The summed E-state index contributed by atoms with van der Waals surface area (Å²) in [5, 5.41) is 3.06. The molecule has 0 spiro atoms. The SMILES string of the molecule is S=CNCCCCN1CCCCC1. The number of piperidine rings is 1. The van der Waals surface area contributed by atoms with Crippen LogP contribution in [0.5, 0.6) is 0 Å². The van der Waals surface area contributed by atoms with Crippen molar-refractivity contribution in [2.24, 2.45) is 0 Å². The van der Waals surface area contributed by atoms with Crippen LogP contribution in [-0.4, -0.2) is 36.6 Å². The summed E-state index contributed by atoms with van der Waals surface area (Å²) in [5.74, 6) is 0. The van der Waals surface area contributed by atoms with Crippen LogP contribution < -0.4 is 5.32 Å². The minimum atomic E-state index is 1.04. The fourth-order valence-electron chi connectivity index (χ4n) is 1.80. The molecule has 1 saturated heterocycles. The van der Waals surface area contributed by atoms with E-state index < -0.39 is 0 Å². The zero-order chi connectivity index (χ0) is 9.36. The van der Waals surface area contributed by atoms with Gasteiger partial charge in [0.15, 0.2) is 0 Å². The number of nitrogens with one attached hydrogen (secondary N) is 1. The molecule has 1 aliphatic rings.